The summed E-state index contributed by atoms with van der Waals surface area (Å²) in [7, 11) is 0. The third-order valence-corrected chi connectivity index (χ3v) is 4.99. The molecule has 1 N–H and O–H groups in total. The van der Waals surface area contributed by atoms with Crippen molar-refractivity contribution >= 4 is 34.8 Å². The van der Waals surface area contributed by atoms with Gasteiger partial charge < -0.3 is 9.84 Å². The van der Waals surface area contributed by atoms with Crippen molar-refractivity contribution in [2.45, 2.75) is 19.0 Å². The second-order valence-corrected chi connectivity index (χ2v) is 7.44. The minimum absolute atomic E-state index is 0.0499. The van der Waals surface area contributed by atoms with Gasteiger partial charge in [0, 0.05) is 24.1 Å². The molecule has 0 aliphatic carbocycles. The van der Waals surface area contributed by atoms with Crippen LogP contribution in [0.4, 0.5) is 18.9 Å². The molecule has 0 saturated heterocycles. The Morgan fingerprint density at radius 1 is 1.15 bits per heavy atom. The van der Waals surface area contributed by atoms with E-state index in [9.17, 15) is 22.8 Å². The highest BCUT2D eigenvalue weighted by molar-refractivity contribution is 6.31. The predicted octanol–water partition coefficient (Wildman–Crippen LogP) is 4.37. The van der Waals surface area contributed by atoms with Gasteiger partial charge in [0.1, 0.15) is 12.3 Å². The number of hydrazone groups is 1. The summed E-state index contributed by atoms with van der Waals surface area (Å²) < 4.78 is 44.3. The molecule has 8 nitrogen and oxygen atoms in total. The monoisotopic (exact) mass is 477 g/mol. The van der Waals surface area contributed by atoms with Gasteiger partial charge in [0.25, 0.3) is 5.89 Å². The normalized spacial score (nSPS) is 14.2. The maximum Gasteiger partial charge on any atom is 0.417 e. The molecule has 1 aliphatic heterocycles. The first-order valence-electron chi connectivity index (χ1n) is 9.64. The first kappa shape index (κ1) is 22.5. The highest BCUT2D eigenvalue weighted by Crippen LogP contribution is 2.36. The summed E-state index contributed by atoms with van der Waals surface area (Å²) in [6, 6.07) is 12.1. The van der Waals surface area contributed by atoms with Crippen molar-refractivity contribution in [1.29, 1.82) is 0 Å². The van der Waals surface area contributed by atoms with E-state index in [1.807, 2.05) is 18.2 Å². The van der Waals surface area contributed by atoms with E-state index in [-0.39, 0.29) is 24.4 Å². The van der Waals surface area contributed by atoms with E-state index in [1.54, 1.807) is 12.1 Å². The zero-order valence-electron chi connectivity index (χ0n) is 16.8. The van der Waals surface area contributed by atoms with Crippen LogP contribution in [0.3, 0.4) is 0 Å². The zero-order chi connectivity index (χ0) is 23.6. The summed E-state index contributed by atoms with van der Waals surface area (Å²) in [5.74, 6) is -0.708. The summed E-state index contributed by atoms with van der Waals surface area (Å²) in [4.78, 5) is 28.9. The van der Waals surface area contributed by atoms with Crippen LogP contribution >= 0.6 is 11.6 Å². The van der Waals surface area contributed by atoms with Gasteiger partial charge in [-0.1, -0.05) is 47.1 Å². The quantitative estimate of drug-likeness (QED) is 0.588. The Balaban J connectivity index is 1.48. The molecule has 1 aliphatic rings. The molecule has 0 unspecified atom stereocenters. The van der Waals surface area contributed by atoms with Crippen LogP contribution in [0.1, 0.15) is 24.3 Å². The van der Waals surface area contributed by atoms with E-state index in [0.29, 0.717) is 11.5 Å². The molecule has 2 heterocycles. The van der Waals surface area contributed by atoms with Gasteiger partial charge in [0.15, 0.2) is 0 Å². The van der Waals surface area contributed by atoms with Crippen LogP contribution in [0, 0.1) is 0 Å². The van der Waals surface area contributed by atoms with Gasteiger partial charge in [-0.05, 0) is 18.2 Å². The van der Waals surface area contributed by atoms with Crippen molar-refractivity contribution in [2.75, 3.05) is 11.9 Å². The van der Waals surface area contributed by atoms with E-state index >= 15 is 0 Å². The third kappa shape index (κ3) is 5.20. The predicted molar refractivity (Wildman–Crippen MR) is 112 cm³/mol. The number of aromatic nitrogens is 2. The average molecular weight is 478 g/mol. The van der Waals surface area contributed by atoms with Crippen molar-refractivity contribution < 1.29 is 27.3 Å². The van der Waals surface area contributed by atoms with Gasteiger partial charge in [-0.15, -0.1) is 0 Å². The van der Waals surface area contributed by atoms with Crippen LogP contribution in [-0.4, -0.2) is 39.2 Å². The number of hydrogen-bond donors (Lipinski definition) is 1. The number of halogens is 4. The van der Waals surface area contributed by atoms with Crippen molar-refractivity contribution in [3.8, 4) is 11.4 Å². The SMILES string of the molecule is O=C(CN1N=C(c2nc(-c3ccccc3)no2)CCC1=O)Nc1ccc(Cl)c(C(F)(F)F)c1. The summed E-state index contributed by atoms with van der Waals surface area (Å²) >= 11 is 5.58. The van der Waals surface area contributed by atoms with Gasteiger partial charge in [-0.25, -0.2) is 5.01 Å². The van der Waals surface area contributed by atoms with E-state index in [4.69, 9.17) is 16.1 Å². The van der Waals surface area contributed by atoms with Crippen molar-refractivity contribution in [3.05, 3.63) is 65.0 Å². The Hall–Kier alpha value is -3.73. The fraction of sp³-hybridized carbons (Fsp3) is 0.190. The lowest BCUT2D eigenvalue weighted by Crippen LogP contribution is -2.38. The summed E-state index contributed by atoms with van der Waals surface area (Å²) in [5.41, 5.74) is -0.142. The third-order valence-electron chi connectivity index (χ3n) is 4.66. The molecule has 3 aromatic rings. The molecule has 1 aromatic heterocycles. The first-order valence-corrected chi connectivity index (χ1v) is 10.0. The highest BCUT2D eigenvalue weighted by atomic mass is 35.5. The number of carbonyl (C=O) groups excluding carboxylic acids is 2. The number of benzene rings is 2. The number of anilines is 1. The second-order valence-electron chi connectivity index (χ2n) is 7.03. The topological polar surface area (TPSA) is 101 Å². The molecule has 2 aromatic carbocycles. The minimum Gasteiger partial charge on any atom is -0.332 e. The molecule has 0 saturated carbocycles. The van der Waals surface area contributed by atoms with E-state index in [2.05, 4.69) is 20.6 Å². The maximum atomic E-state index is 13.0. The van der Waals surface area contributed by atoms with Crippen molar-refractivity contribution in [2.24, 2.45) is 5.10 Å². The summed E-state index contributed by atoms with van der Waals surface area (Å²) in [5, 5.41) is 10.8. The molecule has 0 atom stereocenters. The molecule has 12 heteroatoms. The molecule has 0 fully saturated rings. The number of carbonyl (C=O) groups is 2. The van der Waals surface area contributed by atoms with Crippen LogP contribution < -0.4 is 5.32 Å². The lowest BCUT2D eigenvalue weighted by molar-refractivity contribution is -0.137. The average Bonchev–Trinajstić information content (AvgIpc) is 3.27. The van der Waals surface area contributed by atoms with Crippen LogP contribution in [0.2, 0.25) is 5.02 Å². The van der Waals surface area contributed by atoms with Crippen molar-refractivity contribution in [3.63, 3.8) is 0 Å². The van der Waals surface area contributed by atoms with E-state index in [0.717, 1.165) is 22.7 Å². The largest absolute Gasteiger partial charge is 0.417 e. The number of hydrogen-bond acceptors (Lipinski definition) is 6. The highest BCUT2D eigenvalue weighted by Gasteiger charge is 2.33. The zero-order valence-corrected chi connectivity index (χ0v) is 17.5. The lowest BCUT2D eigenvalue weighted by Gasteiger charge is -2.21. The number of nitrogens with zero attached hydrogens (tertiary/aromatic N) is 4. The summed E-state index contributed by atoms with van der Waals surface area (Å²) in [6.45, 7) is -0.508. The van der Waals surface area contributed by atoms with Gasteiger partial charge in [0.05, 0.1) is 10.6 Å². The summed E-state index contributed by atoms with van der Waals surface area (Å²) in [6.07, 6.45) is -4.39. The number of rotatable bonds is 5. The van der Waals surface area contributed by atoms with Crippen LogP contribution in [0.25, 0.3) is 11.4 Å². The first-order chi connectivity index (χ1) is 15.7. The molecular formula is C21H15ClF3N5O3. The minimum atomic E-state index is -4.68. The van der Waals surface area contributed by atoms with Crippen LogP contribution in [0.5, 0.6) is 0 Å². The molecule has 170 valence electrons. The van der Waals surface area contributed by atoms with Gasteiger partial charge in [-0.2, -0.15) is 23.3 Å². The smallest absolute Gasteiger partial charge is 0.332 e. The number of amides is 2. The van der Waals surface area contributed by atoms with E-state index in [1.165, 1.54) is 6.07 Å². The van der Waals surface area contributed by atoms with Crippen LogP contribution in [-0.2, 0) is 15.8 Å². The molecule has 0 spiro atoms. The Morgan fingerprint density at radius 3 is 2.64 bits per heavy atom. The standard InChI is InChI=1S/C21H15ClF3N5O3/c22-15-7-6-13(10-14(15)21(23,24)25)26-17(31)11-30-18(32)9-8-16(28-30)20-27-19(29-33-20)12-4-2-1-3-5-12/h1-7,10H,8-9,11H2,(H,26,31). The Kier molecular flexibility index (Phi) is 6.14. The fourth-order valence-corrected chi connectivity index (χ4v) is 3.31. The molecular weight excluding hydrogens is 463 g/mol. The second kappa shape index (κ2) is 9.02. The number of nitrogens with one attached hydrogen (secondary N) is 1. The van der Waals surface area contributed by atoms with Crippen molar-refractivity contribution in [1.82, 2.24) is 15.1 Å². The molecule has 33 heavy (non-hydrogen) atoms. The van der Waals surface area contributed by atoms with Gasteiger partial charge in [0.2, 0.25) is 17.6 Å². The Morgan fingerprint density at radius 2 is 1.91 bits per heavy atom. The lowest BCUT2D eigenvalue weighted by atomic mass is 10.1. The maximum absolute atomic E-state index is 13.0. The molecule has 2 amide bonds. The fourth-order valence-electron chi connectivity index (χ4n) is 3.08. The Labute approximate surface area is 190 Å². The Bertz CT molecular complexity index is 1230. The molecule has 0 radical (unpaired) electrons. The molecule has 0 bridgehead atoms. The van der Waals surface area contributed by atoms with Gasteiger partial charge >= 0.3 is 6.18 Å². The van der Waals surface area contributed by atoms with Gasteiger partial charge in [-0.3, -0.25) is 9.59 Å². The van der Waals surface area contributed by atoms with Crippen LogP contribution in [0.15, 0.2) is 58.2 Å². The van der Waals surface area contributed by atoms with E-state index < -0.39 is 35.1 Å². The number of alkyl halides is 3. The molecule has 4 rings (SSSR count).